The topological polar surface area (TPSA) is 506 Å². The highest BCUT2D eigenvalue weighted by Crippen LogP contribution is 2.40. The second-order valence-electron chi connectivity index (χ2n) is 23.3. The summed E-state index contributed by atoms with van der Waals surface area (Å²) in [5, 5.41) is 73.5. The number of likely N-dealkylation sites (N-methyl/N-ethyl adjacent to an activating group) is 3. The van der Waals surface area contributed by atoms with E-state index in [9.17, 15) is 97.8 Å². The number of aliphatic hydroxyl groups is 6. The molecule has 0 aliphatic carbocycles. The number of ether oxygens (including phenoxy) is 6. The van der Waals surface area contributed by atoms with Gasteiger partial charge in [-0.1, -0.05) is 0 Å². The van der Waals surface area contributed by atoms with Gasteiger partial charge in [-0.25, -0.2) is 0 Å². The Balaban J connectivity index is 2.34. The number of carbonyl (C=O) groups excluding carboxylic acids is 15. The van der Waals surface area contributed by atoms with Crippen LogP contribution in [0.3, 0.4) is 0 Å². The Bertz CT molecular complexity index is 3990. The third-order valence-corrected chi connectivity index (χ3v) is 24.3. The molecular weight excluding hydrogens is 2470 g/mol. The van der Waals surface area contributed by atoms with E-state index in [1.807, 2.05) is 0 Å². The molecule has 3 aromatic rings. The fraction of sp³-hybridized carbons (Fsp3) is 0.484. The molecule has 0 aliphatic rings. The van der Waals surface area contributed by atoms with Crippen LogP contribution in [0.2, 0.25) is 0 Å². The summed E-state index contributed by atoms with van der Waals surface area (Å²) >= 11 is 15.8. The van der Waals surface area contributed by atoms with Crippen molar-refractivity contribution in [3.05, 3.63) is 65.5 Å². The van der Waals surface area contributed by atoms with E-state index < -0.39 is 178 Å². The van der Waals surface area contributed by atoms with Gasteiger partial charge in [-0.2, -0.15) is 0 Å². The molecule has 11 N–H and O–H groups in total. The van der Waals surface area contributed by atoms with Crippen molar-refractivity contribution in [3.63, 3.8) is 0 Å². The van der Waals surface area contributed by atoms with Gasteiger partial charge in [0.25, 0.3) is 53.2 Å². The summed E-state index contributed by atoms with van der Waals surface area (Å²) in [6.07, 6.45) is -9.43. The highest BCUT2D eigenvalue weighted by molar-refractivity contribution is 14.1. The number of halogens is 9. The van der Waals surface area contributed by atoms with Crippen LogP contribution in [0.4, 0.5) is 17.1 Å². The molecule has 36 nitrogen and oxygen atoms in total. The number of esters is 6. The van der Waals surface area contributed by atoms with Gasteiger partial charge in [-0.3, -0.25) is 71.9 Å². The van der Waals surface area contributed by atoms with Crippen molar-refractivity contribution in [2.24, 2.45) is 0 Å². The molecule has 0 saturated heterocycles. The lowest BCUT2D eigenvalue weighted by Crippen LogP contribution is -2.40. The predicted molar refractivity (Wildman–Crippen MR) is 461 cm³/mol. The quantitative estimate of drug-likeness (QED) is 0.0169. The summed E-state index contributed by atoms with van der Waals surface area (Å²) in [6.45, 7) is -0.322. The first-order valence-electron chi connectivity index (χ1n) is 31.8. The maximum Gasteiger partial charge on any atom is 0.303 e. The average molecular weight is 2550 g/mol. The molecule has 0 spiro atoms. The minimum absolute atomic E-state index is 0.00197. The first kappa shape index (κ1) is 99.2. The number of benzene rings is 3. The van der Waals surface area contributed by atoms with Crippen molar-refractivity contribution in [3.8, 4) is 0 Å². The van der Waals surface area contributed by atoms with E-state index in [-0.39, 0.29) is 135 Å². The van der Waals surface area contributed by atoms with Crippen molar-refractivity contribution >= 4 is 309 Å². The lowest BCUT2D eigenvalue weighted by Gasteiger charge is -2.28. The van der Waals surface area contributed by atoms with Gasteiger partial charge in [0.15, 0.2) is 0 Å². The maximum atomic E-state index is 15.7. The number of hydrogen-bond acceptors (Lipinski definition) is 27. The molecule has 0 aromatic heterocycles. The van der Waals surface area contributed by atoms with E-state index in [0.717, 1.165) is 56.2 Å². The zero-order valence-corrected chi connectivity index (χ0v) is 78.6. The summed E-state index contributed by atoms with van der Waals surface area (Å²) < 4.78 is 30.9. The van der Waals surface area contributed by atoms with E-state index in [2.05, 4.69) is 26.6 Å². The third kappa shape index (κ3) is 29.4. The number of hydrogen-bond donors (Lipinski definition) is 11. The zero-order chi connectivity index (χ0) is 82.9. The largest absolute Gasteiger partial charge is 0.461 e. The molecule has 0 fully saturated rings. The Kier molecular flexibility index (Phi) is 43.5. The van der Waals surface area contributed by atoms with Crippen LogP contribution >= 0.6 is 203 Å². The van der Waals surface area contributed by atoms with Crippen LogP contribution in [0, 0.1) is 32.1 Å². The Hall–Kier alpha value is -3.96. The van der Waals surface area contributed by atoms with Crippen molar-refractivity contribution < 1.29 is 131 Å². The first-order chi connectivity index (χ1) is 50.9. The standard InChI is InChI=1S/C64H76I9N9O27/c1-26(86)104-23-35(107-29(4)89)56(95)76-53-47(68)38(44(65)40(49(53)70)61(100)79(7)17-32(92)20-83)59(98)74-13-10-11-15-82(64(103)43-46(67)42(63(102)81(9)19-34(94)22-85)51(72)55(52(43)73)78-58(97)37(109-31(6)91)25-106-28(3)88)16-12-14-75-60(99)39-45(66)41(62(101)80(8)18-33(93)21-84)50(71)54(48(39)69)77-57(96)36(108-30(5)90)24-105-27(2)87/h32-37,83-85,92-94H,10-25H2,1-9H3,(H,74,98)(H,75,99)(H,76,95)(H,77,96)(H,78,97). The molecule has 0 saturated carbocycles. The molecule has 6 atom stereocenters. The molecular formula is C64H76I9N9O27. The van der Waals surface area contributed by atoms with Crippen LogP contribution < -0.4 is 26.6 Å². The summed E-state index contributed by atoms with van der Waals surface area (Å²) in [5.74, 6) is -13.3. The molecule has 0 heterocycles. The normalized spacial score (nSPS) is 12.6. The van der Waals surface area contributed by atoms with Crippen LogP contribution in [-0.4, -0.2) is 282 Å². The molecule has 3 rings (SSSR count). The van der Waals surface area contributed by atoms with E-state index in [1.165, 1.54) is 26.0 Å². The van der Waals surface area contributed by atoms with E-state index in [1.54, 1.807) is 203 Å². The second-order valence-corrected chi connectivity index (χ2v) is 33.0. The van der Waals surface area contributed by atoms with Crippen molar-refractivity contribution in [1.29, 1.82) is 0 Å². The number of unbranched alkanes of at least 4 members (excludes halogenated alkanes) is 1. The Morgan fingerprint density at radius 3 is 0.862 bits per heavy atom. The molecule has 3 aromatic carbocycles. The molecule has 45 heteroatoms. The number of nitrogens with zero attached hydrogens (tertiary/aromatic N) is 4. The van der Waals surface area contributed by atoms with Gasteiger partial charge in [0, 0.05) is 119 Å². The minimum Gasteiger partial charge on any atom is -0.461 e. The number of nitrogens with one attached hydrogen (secondary N) is 5. The fourth-order valence-corrected chi connectivity index (χ4v) is 22.6. The average Bonchev–Trinajstić information content (AvgIpc) is 0.770. The van der Waals surface area contributed by atoms with Gasteiger partial charge in [-0.05, 0) is 223 Å². The number of aliphatic hydroxyl groups excluding tert-OH is 6. The molecule has 0 aliphatic heterocycles. The molecule has 0 bridgehead atoms. The van der Waals surface area contributed by atoms with Crippen molar-refractivity contribution in [2.45, 2.75) is 97.4 Å². The van der Waals surface area contributed by atoms with E-state index in [0.29, 0.717) is 0 Å². The Labute approximate surface area is 746 Å². The zero-order valence-electron chi connectivity index (χ0n) is 59.2. The molecule has 602 valence electrons. The highest BCUT2D eigenvalue weighted by Gasteiger charge is 2.38. The smallest absolute Gasteiger partial charge is 0.303 e. The molecule has 0 radical (unpaired) electrons. The predicted octanol–water partition coefficient (Wildman–Crippen LogP) is 3.18. The van der Waals surface area contributed by atoms with Gasteiger partial charge in [0.2, 0.25) is 18.3 Å². The Morgan fingerprint density at radius 1 is 0.349 bits per heavy atom. The van der Waals surface area contributed by atoms with E-state index >= 15 is 4.79 Å². The molecule has 6 unspecified atom stereocenters. The Morgan fingerprint density at radius 2 is 0.596 bits per heavy atom. The summed E-state index contributed by atoms with van der Waals surface area (Å²) in [5.41, 5.74) is -1.46. The van der Waals surface area contributed by atoms with Crippen LogP contribution in [0.15, 0.2) is 0 Å². The summed E-state index contributed by atoms with van der Waals surface area (Å²) in [6, 6.07) is 0. The third-order valence-electron chi connectivity index (χ3n) is 14.6. The number of rotatable bonds is 39. The first-order valence-corrected chi connectivity index (χ1v) is 41.6. The van der Waals surface area contributed by atoms with Gasteiger partial charge in [0.05, 0.1) is 110 Å². The SMILES string of the molecule is CC(=O)OCC(OC(C)=O)C(=O)Nc1c(I)c(C(=O)NCCCCN(CCCNC(=O)c2c(I)c(NC(=O)C(COC(C)=O)OC(C)=O)c(I)c(C(=O)N(C)CC(O)CO)c2I)C(=O)c2c(I)c(NC(=O)C(COC(C)=O)OC(C)=O)c(I)c(C(=O)N(C)CC(O)CO)c2I)c(I)c(C(=O)N(C)CC(O)CO)c1I. The highest BCUT2D eigenvalue weighted by atomic mass is 127. The number of amides is 9. The van der Waals surface area contributed by atoms with Gasteiger partial charge in [0.1, 0.15) is 19.8 Å². The second kappa shape index (κ2) is 47.8. The maximum absolute atomic E-state index is 15.7. The molecule has 9 amide bonds. The van der Waals surface area contributed by atoms with Crippen molar-refractivity contribution in [1.82, 2.24) is 30.2 Å². The van der Waals surface area contributed by atoms with Gasteiger partial charge < -0.3 is 105 Å². The fourth-order valence-electron chi connectivity index (χ4n) is 9.45. The summed E-state index contributed by atoms with van der Waals surface area (Å²) in [7, 11) is 3.92. The van der Waals surface area contributed by atoms with Crippen LogP contribution in [-0.2, 0) is 71.6 Å². The van der Waals surface area contributed by atoms with Gasteiger partial charge >= 0.3 is 35.8 Å². The number of anilines is 3. The van der Waals surface area contributed by atoms with Crippen LogP contribution in [0.1, 0.15) is 123 Å². The van der Waals surface area contributed by atoms with E-state index in [4.69, 9.17) is 28.4 Å². The van der Waals surface area contributed by atoms with Crippen LogP contribution in [0.25, 0.3) is 0 Å². The molecule has 109 heavy (non-hydrogen) atoms. The number of carbonyl (C=O) groups is 15. The minimum atomic E-state index is -1.77. The lowest BCUT2D eigenvalue weighted by molar-refractivity contribution is -0.160. The van der Waals surface area contributed by atoms with Crippen LogP contribution in [0.5, 0.6) is 0 Å². The van der Waals surface area contributed by atoms with Crippen molar-refractivity contribution in [2.75, 3.05) is 123 Å². The monoisotopic (exact) mass is 2540 g/mol. The lowest BCUT2D eigenvalue weighted by atomic mass is 10.1. The van der Waals surface area contributed by atoms with Gasteiger partial charge in [-0.15, -0.1) is 0 Å². The summed E-state index contributed by atoms with van der Waals surface area (Å²) in [4.78, 5) is 207.